The van der Waals surface area contributed by atoms with E-state index in [0.717, 1.165) is 6.54 Å². The van der Waals surface area contributed by atoms with Crippen molar-refractivity contribution in [3.05, 3.63) is 19.4 Å². The molecule has 1 aliphatic rings. The van der Waals surface area contributed by atoms with Gasteiger partial charge in [-0.1, -0.05) is 0 Å². The van der Waals surface area contributed by atoms with Gasteiger partial charge in [-0.2, -0.15) is 0 Å². The van der Waals surface area contributed by atoms with Gasteiger partial charge >= 0.3 is 0 Å². The molecule has 2 N–H and O–H groups in total. The summed E-state index contributed by atoms with van der Waals surface area (Å²) < 4.78 is 1.37. The summed E-state index contributed by atoms with van der Waals surface area (Å²) >= 11 is 4.31. The number of amides is 1. The Morgan fingerprint density at radius 2 is 2.25 bits per heavy atom. The Labute approximate surface area is 139 Å². The Morgan fingerprint density at radius 3 is 2.95 bits per heavy atom. The predicted octanol–water partition coefficient (Wildman–Crippen LogP) is 3.62. The highest BCUT2D eigenvalue weighted by Crippen LogP contribution is 2.36. The largest absolute Gasteiger partial charge is 0.351 e. The van der Waals surface area contributed by atoms with E-state index in [1.165, 1.54) is 32.6 Å². The number of hydrogen-bond donors (Lipinski definition) is 2. The first-order valence-electron chi connectivity index (χ1n) is 7.17. The normalized spacial score (nSPS) is 18.7. The second-order valence-electron chi connectivity index (χ2n) is 6.38. The minimum atomic E-state index is -0.140. The van der Waals surface area contributed by atoms with E-state index in [1.54, 1.807) is 0 Å². The summed E-state index contributed by atoms with van der Waals surface area (Å²) in [6, 6.07) is 2.73. The van der Waals surface area contributed by atoms with Crippen LogP contribution < -0.4 is 10.6 Å². The predicted molar refractivity (Wildman–Crippen MR) is 93.2 cm³/mol. The van der Waals surface area contributed by atoms with Gasteiger partial charge in [0.1, 0.15) is 0 Å². The van der Waals surface area contributed by atoms with Crippen molar-refractivity contribution < 1.29 is 4.79 Å². The third kappa shape index (κ3) is 4.70. The van der Waals surface area contributed by atoms with Gasteiger partial charge in [-0.25, -0.2) is 0 Å². The quantitative estimate of drug-likeness (QED) is 0.750. The van der Waals surface area contributed by atoms with Crippen molar-refractivity contribution in [2.45, 2.75) is 58.0 Å². The average molecular weight is 406 g/mol. The molecule has 112 valence electrons. The van der Waals surface area contributed by atoms with Gasteiger partial charge in [0.25, 0.3) is 0 Å². The van der Waals surface area contributed by atoms with Gasteiger partial charge in [0.05, 0.1) is 2.88 Å². The van der Waals surface area contributed by atoms with E-state index in [1.807, 2.05) is 32.1 Å². The van der Waals surface area contributed by atoms with Crippen LogP contribution >= 0.6 is 33.9 Å². The molecule has 2 rings (SSSR count). The molecule has 1 atom stereocenters. The first kappa shape index (κ1) is 16.2. The highest BCUT2D eigenvalue weighted by Gasteiger charge is 2.22. The van der Waals surface area contributed by atoms with Gasteiger partial charge in [-0.3, -0.25) is 4.79 Å². The number of hydrogen-bond acceptors (Lipinski definition) is 3. The monoisotopic (exact) mass is 406 g/mol. The Balaban J connectivity index is 1.82. The van der Waals surface area contributed by atoms with E-state index in [0.29, 0.717) is 12.5 Å². The van der Waals surface area contributed by atoms with Crippen molar-refractivity contribution in [3.63, 3.8) is 0 Å². The molecule has 5 heteroatoms. The molecule has 0 fully saturated rings. The molecule has 0 aromatic carbocycles. The minimum absolute atomic E-state index is 0.126. The van der Waals surface area contributed by atoms with E-state index in [-0.39, 0.29) is 11.4 Å². The van der Waals surface area contributed by atoms with Crippen LogP contribution in [-0.2, 0) is 11.2 Å². The number of fused-ring (bicyclic) bond motifs is 1. The molecule has 1 aromatic heterocycles. The van der Waals surface area contributed by atoms with Crippen LogP contribution in [0.4, 0.5) is 0 Å². The fraction of sp³-hybridized carbons (Fsp3) is 0.667. The standard InChI is InChI=1S/C15H23IN2OS/c1-15(2,3)18-14(19)7-8-17-11-5-4-6-12-10(11)9-13(16)20-12/h9,11,17H,4-8H2,1-3H3,(H,18,19). The molecule has 20 heavy (non-hydrogen) atoms. The third-order valence-electron chi connectivity index (χ3n) is 3.34. The molecule has 1 unspecified atom stereocenters. The summed E-state index contributed by atoms with van der Waals surface area (Å²) in [5.41, 5.74) is 1.32. The molecule has 0 bridgehead atoms. The van der Waals surface area contributed by atoms with Gasteiger partial charge in [-0.15, -0.1) is 11.3 Å². The Hall–Kier alpha value is -0.140. The number of halogens is 1. The lowest BCUT2D eigenvalue weighted by Crippen LogP contribution is -2.41. The van der Waals surface area contributed by atoms with Crippen LogP contribution in [0.1, 0.15) is 56.5 Å². The zero-order chi connectivity index (χ0) is 14.8. The fourth-order valence-electron chi connectivity index (χ4n) is 2.57. The zero-order valence-electron chi connectivity index (χ0n) is 12.4. The summed E-state index contributed by atoms with van der Waals surface area (Å²) in [6.07, 6.45) is 4.19. The number of aryl methyl sites for hydroxylation is 1. The molecule has 0 saturated carbocycles. The van der Waals surface area contributed by atoms with Crippen molar-refractivity contribution in [2.24, 2.45) is 0 Å². The van der Waals surface area contributed by atoms with E-state index >= 15 is 0 Å². The number of rotatable bonds is 4. The minimum Gasteiger partial charge on any atom is -0.351 e. The van der Waals surface area contributed by atoms with Crippen molar-refractivity contribution in [1.82, 2.24) is 10.6 Å². The fourth-order valence-corrected chi connectivity index (χ4v) is 4.69. The second kappa shape index (κ2) is 6.75. The van der Waals surface area contributed by atoms with Gasteiger partial charge in [0.15, 0.2) is 0 Å². The lowest BCUT2D eigenvalue weighted by atomic mass is 9.94. The van der Waals surface area contributed by atoms with E-state index < -0.39 is 0 Å². The van der Waals surface area contributed by atoms with Crippen LogP contribution in [0.5, 0.6) is 0 Å². The molecule has 0 saturated heterocycles. The number of thiophene rings is 1. The highest BCUT2D eigenvalue weighted by atomic mass is 127. The number of carbonyl (C=O) groups excluding carboxylic acids is 1. The lowest BCUT2D eigenvalue weighted by Gasteiger charge is -2.24. The Bertz CT molecular complexity index is 479. The Morgan fingerprint density at radius 1 is 1.50 bits per heavy atom. The maximum atomic E-state index is 11.8. The number of carbonyl (C=O) groups is 1. The number of nitrogens with one attached hydrogen (secondary N) is 2. The van der Waals surface area contributed by atoms with E-state index in [4.69, 9.17) is 0 Å². The van der Waals surface area contributed by atoms with Crippen LogP contribution in [0.2, 0.25) is 0 Å². The molecule has 0 aliphatic heterocycles. The molecule has 1 amide bonds. The van der Waals surface area contributed by atoms with Crippen LogP contribution in [0.15, 0.2) is 6.07 Å². The lowest BCUT2D eigenvalue weighted by molar-refractivity contribution is -0.122. The average Bonchev–Trinajstić information content (AvgIpc) is 2.67. The summed E-state index contributed by atoms with van der Waals surface area (Å²) in [5.74, 6) is 0.126. The molecule has 0 radical (unpaired) electrons. The highest BCUT2D eigenvalue weighted by molar-refractivity contribution is 14.1. The first-order chi connectivity index (χ1) is 9.35. The van der Waals surface area contributed by atoms with Crippen molar-refractivity contribution in [1.29, 1.82) is 0 Å². The molecular weight excluding hydrogens is 383 g/mol. The van der Waals surface area contributed by atoms with Crippen molar-refractivity contribution in [3.8, 4) is 0 Å². The molecule has 1 aliphatic carbocycles. The van der Waals surface area contributed by atoms with Crippen molar-refractivity contribution in [2.75, 3.05) is 6.54 Å². The molecule has 1 aromatic rings. The van der Waals surface area contributed by atoms with Gasteiger partial charge < -0.3 is 10.6 Å². The Kier molecular flexibility index (Phi) is 5.48. The summed E-state index contributed by atoms with van der Waals surface area (Å²) in [5, 5.41) is 6.55. The van der Waals surface area contributed by atoms with Gasteiger partial charge in [0, 0.05) is 29.4 Å². The van der Waals surface area contributed by atoms with Crippen LogP contribution in [0.25, 0.3) is 0 Å². The molecule has 1 heterocycles. The smallest absolute Gasteiger partial charge is 0.221 e. The van der Waals surface area contributed by atoms with E-state index in [2.05, 4.69) is 39.3 Å². The second-order valence-corrected chi connectivity index (χ2v) is 9.41. The SMILES string of the molecule is CC(C)(C)NC(=O)CCNC1CCCc2sc(I)cc21. The van der Waals surface area contributed by atoms with Gasteiger partial charge in [0.2, 0.25) is 5.91 Å². The van der Waals surface area contributed by atoms with Crippen LogP contribution in [-0.4, -0.2) is 18.0 Å². The van der Waals surface area contributed by atoms with Gasteiger partial charge in [-0.05, 0) is 74.3 Å². The molecule has 0 spiro atoms. The molecule has 3 nitrogen and oxygen atoms in total. The molecular formula is C15H23IN2OS. The summed E-state index contributed by atoms with van der Waals surface area (Å²) in [7, 11) is 0. The topological polar surface area (TPSA) is 41.1 Å². The first-order valence-corrected chi connectivity index (χ1v) is 9.07. The summed E-state index contributed by atoms with van der Waals surface area (Å²) in [4.78, 5) is 13.3. The zero-order valence-corrected chi connectivity index (χ0v) is 15.4. The van der Waals surface area contributed by atoms with Crippen LogP contribution in [0, 0.1) is 2.88 Å². The van der Waals surface area contributed by atoms with Crippen LogP contribution in [0.3, 0.4) is 0 Å². The van der Waals surface area contributed by atoms with E-state index in [9.17, 15) is 4.79 Å². The maximum absolute atomic E-state index is 11.8. The van der Waals surface area contributed by atoms with Crippen molar-refractivity contribution >= 4 is 39.8 Å². The maximum Gasteiger partial charge on any atom is 0.221 e. The third-order valence-corrected chi connectivity index (χ3v) is 5.31. The summed E-state index contributed by atoms with van der Waals surface area (Å²) in [6.45, 7) is 6.79.